The van der Waals surface area contributed by atoms with Gasteiger partial charge in [-0.2, -0.15) is 0 Å². The van der Waals surface area contributed by atoms with Gasteiger partial charge >= 0.3 is 12.0 Å². The van der Waals surface area contributed by atoms with Crippen molar-refractivity contribution in [2.75, 3.05) is 11.9 Å². The average molecular weight is 310 g/mol. The highest BCUT2D eigenvalue weighted by Gasteiger charge is 2.33. The fourth-order valence-electron chi connectivity index (χ4n) is 2.31. The summed E-state index contributed by atoms with van der Waals surface area (Å²) in [5, 5.41) is 12.6. The molecule has 1 aromatic heterocycles. The number of urea groups is 1. The molecule has 0 aromatic carbocycles. The Morgan fingerprint density at radius 3 is 2.57 bits per heavy atom. The molecule has 5 nitrogen and oxygen atoms in total. The molecule has 2 amide bonds. The Morgan fingerprint density at radius 2 is 2.05 bits per heavy atom. The number of carboxylic acids is 1. The number of nitrogens with one attached hydrogen (secondary N) is 1. The van der Waals surface area contributed by atoms with Gasteiger partial charge in [-0.3, -0.25) is 5.32 Å². The molecular formula is C15H22N2O3S. The van der Waals surface area contributed by atoms with E-state index in [0.717, 1.165) is 42.7 Å². The summed E-state index contributed by atoms with van der Waals surface area (Å²) in [4.78, 5) is 26.6. The lowest BCUT2D eigenvalue weighted by atomic mass is 10.1. The molecule has 0 atom stereocenters. The number of hydrogen-bond donors (Lipinski definition) is 2. The minimum absolute atomic E-state index is 0.172. The molecule has 1 fully saturated rings. The Balaban J connectivity index is 2.14. The number of carbonyl (C=O) groups is 2. The molecule has 0 spiro atoms. The third kappa shape index (κ3) is 3.56. The van der Waals surface area contributed by atoms with Crippen LogP contribution >= 0.6 is 11.3 Å². The first-order valence-electron chi connectivity index (χ1n) is 7.36. The number of rotatable bonds is 6. The maximum atomic E-state index is 12.4. The van der Waals surface area contributed by atoms with Crippen LogP contribution in [-0.2, 0) is 0 Å². The van der Waals surface area contributed by atoms with Crippen molar-refractivity contribution in [2.24, 2.45) is 0 Å². The summed E-state index contributed by atoms with van der Waals surface area (Å²) < 4.78 is 0. The normalized spacial score (nSPS) is 14.0. The van der Waals surface area contributed by atoms with Gasteiger partial charge in [0.2, 0.25) is 0 Å². The SMILES string of the molecule is CCCCN(C(=O)Nc1sc(C)c(C)c1C(=O)O)C1CC1. The fraction of sp³-hybridized carbons (Fsp3) is 0.600. The van der Waals surface area contributed by atoms with Gasteiger partial charge in [-0.25, -0.2) is 9.59 Å². The topological polar surface area (TPSA) is 69.6 Å². The van der Waals surface area contributed by atoms with E-state index >= 15 is 0 Å². The van der Waals surface area contributed by atoms with Crippen LogP contribution in [0.5, 0.6) is 0 Å². The first kappa shape index (κ1) is 15.8. The number of amides is 2. The summed E-state index contributed by atoms with van der Waals surface area (Å²) >= 11 is 1.33. The molecule has 1 saturated carbocycles. The predicted molar refractivity (Wildman–Crippen MR) is 84.4 cm³/mol. The first-order valence-corrected chi connectivity index (χ1v) is 8.18. The minimum atomic E-state index is -0.987. The van der Waals surface area contributed by atoms with Crippen molar-refractivity contribution in [3.63, 3.8) is 0 Å². The second-order valence-corrected chi connectivity index (χ2v) is 6.73. The molecule has 0 saturated heterocycles. The van der Waals surface area contributed by atoms with Crippen LogP contribution in [-0.4, -0.2) is 34.6 Å². The summed E-state index contributed by atoms with van der Waals surface area (Å²) in [7, 11) is 0. The molecule has 0 bridgehead atoms. The highest BCUT2D eigenvalue weighted by Crippen LogP contribution is 2.34. The lowest BCUT2D eigenvalue weighted by Crippen LogP contribution is -2.37. The number of nitrogens with zero attached hydrogens (tertiary/aromatic N) is 1. The molecule has 0 aliphatic heterocycles. The van der Waals surface area contributed by atoms with Gasteiger partial charge in [-0.15, -0.1) is 11.3 Å². The fourth-order valence-corrected chi connectivity index (χ4v) is 3.35. The van der Waals surface area contributed by atoms with E-state index in [2.05, 4.69) is 12.2 Å². The van der Waals surface area contributed by atoms with Crippen molar-refractivity contribution in [1.29, 1.82) is 0 Å². The van der Waals surface area contributed by atoms with Gasteiger partial charge in [-0.1, -0.05) is 13.3 Å². The average Bonchev–Trinajstić information content (AvgIpc) is 3.18. The Labute approximate surface area is 129 Å². The van der Waals surface area contributed by atoms with E-state index in [0.29, 0.717) is 11.0 Å². The minimum Gasteiger partial charge on any atom is -0.478 e. The van der Waals surface area contributed by atoms with Gasteiger partial charge in [0, 0.05) is 17.5 Å². The molecule has 0 unspecified atom stereocenters. The summed E-state index contributed by atoms with van der Waals surface area (Å²) in [6.45, 7) is 6.48. The molecule has 1 heterocycles. The maximum absolute atomic E-state index is 12.4. The molecule has 2 N–H and O–H groups in total. The third-order valence-electron chi connectivity index (χ3n) is 3.82. The zero-order valence-electron chi connectivity index (χ0n) is 12.7. The van der Waals surface area contributed by atoms with E-state index in [4.69, 9.17) is 0 Å². The van der Waals surface area contributed by atoms with Crippen molar-refractivity contribution in [3.8, 4) is 0 Å². The Bertz CT molecular complexity index is 549. The highest BCUT2D eigenvalue weighted by molar-refractivity contribution is 7.16. The highest BCUT2D eigenvalue weighted by atomic mass is 32.1. The predicted octanol–water partition coefficient (Wildman–Crippen LogP) is 3.86. The number of aryl methyl sites for hydroxylation is 1. The van der Waals surface area contributed by atoms with Crippen LogP contribution in [0.3, 0.4) is 0 Å². The monoisotopic (exact) mass is 310 g/mol. The third-order valence-corrected chi connectivity index (χ3v) is 4.94. The number of thiophene rings is 1. The number of unbranched alkanes of at least 4 members (excludes halogenated alkanes) is 1. The smallest absolute Gasteiger partial charge is 0.338 e. The standard InChI is InChI=1S/C15H22N2O3S/c1-4-5-8-17(11-6-7-11)15(20)16-13-12(14(18)19)9(2)10(3)21-13/h11H,4-8H2,1-3H3,(H,16,20)(H,18,19). The maximum Gasteiger partial charge on any atom is 0.338 e. The molecular weight excluding hydrogens is 288 g/mol. The second-order valence-electron chi connectivity index (χ2n) is 5.50. The molecule has 0 radical (unpaired) electrons. The van der Waals surface area contributed by atoms with Crippen LogP contribution in [0.15, 0.2) is 0 Å². The van der Waals surface area contributed by atoms with E-state index < -0.39 is 5.97 Å². The van der Waals surface area contributed by atoms with Gasteiger partial charge in [0.15, 0.2) is 0 Å². The number of carbonyl (C=O) groups excluding carboxylic acids is 1. The number of carboxylic acid groups (broad SMARTS) is 1. The Hall–Kier alpha value is -1.56. The summed E-state index contributed by atoms with van der Waals surface area (Å²) in [6.07, 6.45) is 4.10. The molecule has 1 aromatic rings. The van der Waals surface area contributed by atoms with Crippen molar-refractivity contribution < 1.29 is 14.7 Å². The zero-order chi connectivity index (χ0) is 15.6. The van der Waals surface area contributed by atoms with Crippen LogP contribution in [0.25, 0.3) is 0 Å². The summed E-state index contributed by atoms with van der Waals surface area (Å²) in [6, 6.07) is 0.154. The Kier molecular flexibility index (Phi) is 4.88. The molecule has 6 heteroatoms. The van der Waals surface area contributed by atoms with Gasteiger partial charge in [0.1, 0.15) is 5.00 Å². The zero-order valence-corrected chi connectivity index (χ0v) is 13.5. The quantitative estimate of drug-likeness (QED) is 0.838. The molecule has 2 rings (SSSR count). The van der Waals surface area contributed by atoms with Gasteiger partial charge in [0.25, 0.3) is 0 Å². The number of aromatic carboxylic acids is 1. The van der Waals surface area contributed by atoms with E-state index in [1.807, 2.05) is 11.8 Å². The first-order chi connectivity index (χ1) is 9.95. The van der Waals surface area contributed by atoms with Gasteiger partial charge < -0.3 is 10.0 Å². The lowest BCUT2D eigenvalue weighted by molar-refractivity contribution is 0.0697. The number of anilines is 1. The van der Waals surface area contributed by atoms with Crippen molar-refractivity contribution in [1.82, 2.24) is 4.90 Å². The van der Waals surface area contributed by atoms with E-state index in [1.165, 1.54) is 11.3 Å². The Morgan fingerprint density at radius 1 is 1.38 bits per heavy atom. The number of hydrogen-bond acceptors (Lipinski definition) is 3. The molecule has 116 valence electrons. The summed E-state index contributed by atoms with van der Waals surface area (Å²) in [5.74, 6) is -0.987. The summed E-state index contributed by atoms with van der Waals surface area (Å²) in [5.41, 5.74) is 0.950. The van der Waals surface area contributed by atoms with Gasteiger partial charge in [-0.05, 0) is 38.7 Å². The van der Waals surface area contributed by atoms with Crippen molar-refractivity contribution in [3.05, 3.63) is 16.0 Å². The molecule has 1 aliphatic carbocycles. The van der Waals surface area contributed by atoms with Crippen LogP contribution in [0.2, 0.25) is 0 Å². The lowest BCUT2D eigenvalue weighted by Gasteiger charge is -2.22. The van der Waals surface area contributed by atoms with E-state index in [1.54, 1.807) is 6.92 Å². The largest absolute Gasteiger partial charge is 0.478 e. The van der Waals surface area contributed by atoms with Crippen LogP contribution in [0, 0.1) is 13.8 Å². The van der Waals surface area contributed by atoms with Crippen molar-refractivity contribution in [2.45, 2.75) is 52.5 Å². The van der Waals surface area contributed by atoms with Gasteiger partial charge in [0.05, 0.1) is 5.56 Å². The molecule has 21 heavy (non-hydrogen) atoms. The second kappa shape index (κ2) is 6.47. The van der Waals surface area contributed by atoms with E-state index in [-0.39, 0.29) is 11.6 Å². The molecule has 1 aliphatic rings. The van der Waals surface area contributed by atoms with Crippen LogP contribution in [0.4, 0.5) is 9.80 Å². The van der Waals surface area contributed by atoms with E-state index in [9.17, 15) is 14.7 Å². The van der Waals surface area contributed by atoms with Crippen molar-refractivity contribution >= 4 is 28.3 Å². The van der Waals surface area contributed by atoms with Crippen LogP contribution < -0.4 is 5.32 Å². The van der Waals surface area contributed by atoms with Crippen LogP contribution in [0.1, 0.15) is 53.4 Å².